The number of nitrogens with zero attached hydrogens (tertiary/aromatic N) is 2. The molecule has 120 valence electrons. The van der Waals surface area contributed by atoms with Crippen LogP contribution in [-0.4, -0.2) is 16.3 Å². The highest BCUT2D eigenvalue weighted by molar-refractivity contribution is 5.07. The zero-order valence-corrected chi connectivity index (χ0v) is 14.0. The second-order valence-electron chi connectivity index (χ2n) is 6.57. The molecular formula is C18H33N3. The number of aromatic nitrogens is 2. The molecule has 0 amide bonds. The van der Waals surface area contributed by atoms with Crippen molar-refractivity contribution in [2.45, 2.75) is 84.2 Å². The second-order valence-corrected chi connectivity index (χ2v) is 6.57. The second kappa shape index (κ2) is 9.24. The summed E-state index contributed by atoms with van der Waals surface area (Å²) in [5.41, 5.74) is 1.39. The standard InChI is InChI=1S/C18H33N3/c1-3-13-19-17(11-10-16-8-6-5-7-9-16)18-12-14-20-21(18)15-4-2/h12,14,16-17,19H,3-11,13,15H2,1-2H3. The minimum atomic E-state index is 0.487. The lowest BCUT2D eigenvalue weighted by atomic mass is 9.85. The van der Waals surface area contributed by atoms with E-state index in [1.54, 1.807) is 0 Å². The third-order valence-electron chi connectivity index (χ3n) is 4.77. The first-order chi connectivity index (χ1) is 10.3. The van der Waals surface area contributed by atoms with Gasteiger partial charge in [-0.25, -0.2) is 0 Å². The van der Waals surface area contributed by atoms with E-state index < -0.39 is 0 Å². The van der Waals surface area contributed by atoms with Gasteiger partial charge in [0.05, 0.1) is 5.69 Å². The van der Waals surface area contributed by atoms with Crippen LogP contribution < -0.4 is 5.32 Å². The summed E-state index contributed by atoms with van der Waals surface area (Å²) in [4.78, 5) is 0. The number of rotatable bonds is 9. The molecule has 1 aliphatic carbocycles. The van der Waals surface area contributed by atoms with Crippen LogP contribution in [0.15, 0.2) is 12.3 Å². The van der Waals surface area contributed by atoms with E-state index in [4.69, 9.17) is 0 Å². The molecule has 0 aliphatic heterocycles. The van der Waals surface area contributed by atoms with Crippen molar-refractivity contribution in [3.05, 3.63) is 18.0 Å². The van der Waals surface area contributed by atoms with E-state index in [-0.39, 0.29) is 0 Å². The maximum Gasteiger partial charge on any atom is 0.0553 e. The maximum absolute atomic E-state index is 4.51. The Kier molecular flexibility index (Phi) is 7.28. The van der Waals surface area contributed by atoms with Gasteiger partial charge >= 0.3 is 0 Å². The van der Waals surface area contributed by atoms with E-state index in [0.717, 1.165) is 25.4 Å². The molecular weight excluding hydrogens is 258 g/mol. The van der Waals surface area contributed by atoms with Gasteiger partial charge in [-0.3, -0.25) is 4.68 Å². The van der Waals surface area contributed by atoms with Crippen LogP contribution in [0.25, 0.3) is 0 Å². The summed E-state index contributed by atoms with van der Waals surface area (Å²) in [6, 6.07) is 2.70. The third kappa shape index (κ3) is 5.14. The lowest BCUT2D eigenvalue weighted by Crippen LogP contribution is -2.26. The lowest BCUT2D eigenvalue weighted by molar-refractivity contribution is 0.310. The number of hydrogen-bond donors (Lipinski definition) is 1. The molecule has 1 aliphatic rings. The highest BCUT2D eigenvalue weighted by atomic mass is 15.3. The van der Waals surface area contributed by atoms with Gasteiger partial charge in [-0.2, -0.15) is 5.10 Å². The summed E-state index contributed by atoms with van der Waals surface area (Å²) < 4.78 is 2.20. The van der Waals surface area contributed by atoms with Gasteiger partial charge in [0.25, 0.3) is 0 Å². The first-order valence-electron chi connectivity index (χ1n) is 9.10. The molecule has 1 N–H and O–H groups in total. The molecule has 0 radical (unpaired) electrons. The molecule has 3 nitrogen and oxygen atoms in total. The van der Waals surface area contributed by atoms with Crippen molar-refractivity contribution in [2.24, 2.45) is 5.92 Å². The van der Waals surface area contributed by atoms with Crippen molar-refractivity contribution in [3.8, 4) is 0 Å². The van der Waals surface area contributed by atoms with Crippen LogP contribution >= 0.6 is 0 Å². The maximum atomic E-state index is 4.51. The molecule has 21 heavy (non-hydrogen) atoms. The Bertz CT molecular complexity index is 380. The van der Waals surface area contributed by atoms with Crippen molar-refractivity contribution < 1.29 is 0 Å². The van der Waals surface area contributed by atoms with Crippen LogP contribution in [0.2, 0.25) is 0 Å². The van der Waals surface area contributed by atoms with Gasteiger partial charge in [0.15, 0.2) is 0 Å². The molecule has 1 saturated carbocycles. The Hall–Kier alpha value is -0.830. The smallest absolute Gasteiger partial charge is 0.0553 e. The molecule has 0 saturated heterocycles. The topological polar surface area (TPSA) is 29.9 Å². The van der Waals surface area contributed by atoms with E-state index in [1.165, 1.54) is 57.1 Å². The summed E-state index contributed by atoms with van der Waals surface area (Å²) in [5, 5.41) is 8.26. The molecule has 1 fully saturated rings. The van der Waals surface area contributed by atoms with Crippen molar-refractivity contribution in [3.63, 3.8) is 0 Å². The van der Waals surface area contributed by atoms with Gasteiger partial charge < -0.3 is 5.32 Å². The first-order valence-corrected chi connectivity index (χ1v) is 9.10. The summed E-state index contributed by atoms with van der Waals surface area (Å²) in [6.07, 6.45) is 14.2. The number of hydrogen-bond acceptors (Lipinski definition) is 2. The van der Waals surface area contributed by atoms with E-state index >= 15 is 0 Å². The summed E-state index contributed by atoms with van der Waals surface area (Å²) in [6.45, 7) is 6.61. The molecule has 0 aromatic carbocycles. The van der Waals surface area contributed by atoms with Gasteiger partial charge in [0, 0.05) is 18.8 Å². The Labute approximate surface area is 130 Å². The molecule has 0 bridgehead atoms. The molecule has 0 spiro atoms. The van der Waals surface area contributed by atoms with E-state index in [2.05, 4.69) is 35.0 Å². The molecule has 1 heterocycles. The van der Waals surface area contributed by atoms with E-state index in [0.29, 0.717) is 6.04 Å². The zero-order chi connectivity index (χ0) is 14.9. The fourth-order valence-electron chi connectivity index (χ4n) is 3.59. The van der Waals surface area contributed by atoms with Crippen LogP contribution in [0.3, 0.4) is 0 Å². The molecule has 1 atom stereocenters. The lowest BCUT2D eigenvalue weighted by Gasteiger charge is -2.25. The van der Waals surface area contributed by atoms with Gasteiger partial charge in [-0.15, -0.1) is 0 Å². The quantitative estimate of drug-likeness (QED) is 0.715. The van der Waals surface area contributed by atoms with E-state index in [9.17, 15) is 0 Å². The zero-order valence-electron chi connectivity index (χ0n) is 14.0. The SMILES string of the molecule is CCCNC(CCC1CCCCC1)c1ccnn1CCC. The largest absolute Gasteiger partial charge is 0.309 e. The van der Waals surface area contributed by atoms with Gasteiger partial charge in [0.2, 0.25) is 0 Å². The molecule has 2 rings (SSSR count). The predicted octanol–water partition coefficient (Wildman–Crippen LogP) is 4.69. The molecule has 1 aromatic rings. The highest BCUT2D eigenvalue weighted by Gasteiger charge is 2.19. The molecule has 3 heteroatoms. The fourth-order valence-corrected chi connectivity index (χ4v) is 3.59. The van der Waals surface area contributed by atoms with Crippen molar-refractivity contribution in [1.82, 2.24) is 15.1 Å². The van der Waals surface area contributed by atoms with Crippen molar-refractivity contribution in [2.75, 3.05) is 6.54 Å². The average molecular weight is 291 g/mol. The van der Waals surface area contributed by atoms with E-state index in [1.807, 2.05) is 6.20 Å². The first kappa shape index (κ1) is 16.5. The van der Waals surface area contributed by atoms with Gasteiger partial charge in [-0.05, 0) is 44.2 Å². The summed E-state index contributed by atoms with van der Waals surface area (Å²) in [5.74, 6) is 0.965. The highest BCUT2D eigenvalue weighted by Crippen LogP contribution is 2.30. The molecule has 1 aromatic heterocycles. The number of aryl methyl sites for hydroxylation is 1. The molecule has 1 unspecified atom stereocenters. The number of nitrogens with one attached hydrogen (secondary N) is 1. The van der Waals surface area contributed by atoms with Crippen LogP contribution in [0.5, 0.6) is 0 Å². The van der Waals surface area contributed by atoms with Crippen LogP contribution in [0, 0.1) is 5.92 Å². The monoisotopic (exact) mass is 291 g/mol. The Morgan fingerprint density at radius 2 is 2.05 bits per heavy atom. The van der Waals surface area contributed by atoms with Crippen molar-refractivity contribution in [1.29, 1.82) is 0 Å². The summed E-state index contributed by atoms with van der Waals surface area (Å²) in [7, 11) is 0. The predicted molar refractivity (Wildman–Crippen MR) is 89.4 cm³/mol. The summed E-state index contributed by atoms with van der Waals surface area (Å²) >= 11 is 0. The minimum absolute atomic E-state index is 0.487. The Morgan fingerprint density at radius 3 is 2.76 bits per heavy atom. The van der Waals surface area contributed by atoms with Gasteiger partial charge in [0.1, 0.15) is 0 Å². The Balaban J connectivity index is 1.94. The minimum Gasteiger partial charge on any atom is -0.309 e. The van der Waals surface area contributed by atoms with Crippen LogP contribution in [0.4, 0.5) is 0 Å². The third-order valence-corrected chi connectivity index (χ3v) is 4.77. The van der Waals surface area contributed by atoms with Crippen LogP contribution in [-0.2, 0) is 6.54 Å². The Morgan fingerprint density at radius 1 is 1.24 bits per heavy atom. The normalized spacial score (nSPS) is 18.0. The van der Waals surface area contributed by atoms with Crippen molar-refractivity contribution >= 4 is 0 Å². The van der Waals surface area contributed by atoms with Gasteiger partial charge in [-0.1, -0.05) is 46.0 Å². The fraction of sp³-hybridized carbons (Fsp3) is 0.833. The average Bonchev–Trinajstić information content (AvgIpc) is 2.97. The van der Waals surface area contributed by atoms with Crippen LogP contribution in [0.1, 0.15) is 83.4 Å².